The lowest BCUT2D eigenvalue weighted by Crippen LogP contribution is -2.12. The Labute approximate surface area is 116 Å². The van der Waals surface area contributed by atoms with E-state index in [2.05, 4.69) is 4.98 Å². The minimum absolute atomic E-state index is 0.569. The molecule has 0 amide bonds. The molecule has 5 heteroatoms. The van der Waals surface area contributed by atoms with Gasteiger partial charge in [0.1, 0.15) is 0 Å². The molecular formula is C13H15Cl2N3. The second kappa shape index (κ2) is 5.31. The molecule has 0 fully saturated rings. The van der Waals surface area contributed by atoms with Crippen molar-refractivity contribution in [2.75, 3.05) is 25.5 Å². The van der Waals surface area contributed by atoms with E-state index in [1.165, 1.54) is 0 Å². The minimum atomic E-state index is 0.569. The fraction of sp³-hybridized carbons (Fsp3) is 0.308. The number of benzene rings is 1. The highest BCUT2D eigenvalue weighted by atomic mass is 35.5. The molecule has 0 aliphatic heterocycles. The zero-order valence-electron chi connectivity index (χ0n) is 10.4. The number of aromatic nitrogens is 1. The molecule has 0 unspecified atom stereocenters. The first-order chi connectivity index (χ1) is 8.52. The third-order valence-corrected chi connectivity index (χ3v) is 3.26. The first-order valence-corrected chi connectivity index (χ1v) is 6.44. The third kappa shape index (κ3) is 2.53. The van der Waals surface area contributed by atoms with Gasteiger partial charge in [-0.15, -0.1) is 0 Å². The Bertz CT molecular complexity index is 582. The summed E-state index contributed by atoms with van der Waals surface area (Å²) in [5.41, 5.74) is 8.38. The Hall–Kier alpha value is -1.03. The van der Waals surface area contributed by atoms with Gasteiger partial charge >= 0.3 is 0 Å². The second-order valence-electron chi connectivity index (χ2n) is 4.35. The number of halogens is 2. The maximum atomic E-state index is 6.27. The largest absolute Gasteiger partial charge is 0.377 e. The molecule has 0 saturated carbocycles. The van der Waals surface area contributed by atoms with Crippen molar-refractivity contribution in [1.82, 2.24) is 4.98 Å². The van der Waals surface area contributed by atoms with E-state index in [9.17, 15) is 0 Å². The van der Waals surface area contributed by atoms with Gasteiger partial charge in [0.2, 0.25) is 0 Å². The number of fused-ring (bicyclic) bond motifs is 1. The number of anilines is 1. The van der Waals surface area contributed by atoms with Crippen LogP contribution in [0, 0.1) is 0 Å². The molecule has 3 nitrogen and oxygen atoms in total. The van der Waals surface area contributed by atoms with E-state index in [-0.39, 0.29) is 0 Å². The average molecular weight is 284 g/mol. The molecule has 1 aromatic heterocycles. The van der Waals surface area contributed by atoms with Gasteiger partial charge < -0.3 is 10.6 Å². The van der Waals surface area contributed by atoms with Gasteiger partial charge in [-0.05, 0) is 24.7 Å². The van der Waals surface area contributed by atoms with Gasteiger partial charge in [0.05, 0.1) is 10.5 Å². The molecule has 0 aliphatic rings. The van der Waals surface area contributed by atoms with E-state index in [1.54, 1.807) is 6.07 Å². The number of nitrogens with two attached hydrogens (primary N) is 1. The van der Waals surface area contributed by atoms with Crippen molar-refractivity contribution in [3.63, 3.8) is 0 Å². The quantitative estimate of drug-likeness (QED) is 0.941. The van der Waals surface area contributed by atoms with Crippen LogP contribution in [0.5, 0.6) is 0 Å². The summed E-state index contributed by atoms with van der Waals surface area (Å²) in [7, 11) is 3.96. The summed E-state index contributed by atoms with van der Waals surface area (Å²) < 4.78 is 0. The Balaban J connectivity index is 2.76. The average Bonchev–Trinajstić information content (AvgIpc) is 2.27. The normalized spacial score (nSPS) is 10.9. The molecule has 0 spiro atoms. The molecule has 0 radical (unpaired) electrons. The van der Waals surface area contributed by atoms with Crippen LogP contribution in [0.1, 0.15) is 5.69 Å². The molecule has 0 saturated heterocycles. The van der Waals surface area contributed by atoms with Crippen LogP contribution < -0.4 is 10.6 Å². The predicted octanol–water partition coefficient (Wildman–Crippen LogP) is 3.11. The summed E-state index contributed by atoms with van der Waals surface area (Å²) in [6, 6.07) is 5.59. The molecule has 2 rings (SSSR count). The highest BCUT2D eigenvalue weighted by molar-refractivity contribution is 6.39. The number of nitrogens with zero attached hydrogens (tertiary/aromatic N) is 2. The third-order valence-electron chi connectivity index (χ3n) is 2.74. The van der Waals surface area contributed by atoms with Gasteiger partial charge in [0, 0.05) is 42.3 Å². The SMILES string of the molecule is CN(C)c1cc(CCN)nc2cc(Cl)cc(Cl)c12. The van der Waals surface area contributed by atoms with Crippen LogP contribution in [0.3, 0.4) is 0 Å². The van der Waals surface area contributed by atoms with E-state index in [1.807, 2.05) is 31.1 Å². The number of pyridine rings is 1. The number of rotatable bonds is 3. The van der Waals surface area contributed by atoms with E-state index < -0.39 is 0 Å². The Morgan fingerprint density at radius 2 is 1.94 bits per heavy atom. The molecule has 1 heterocycles. The summed E-state index contributed by atoms with van der Waals surface area (Å²) >= 11 is 12.3. The van der Waals surface area contributed by atoms with Gasteiger partial charge in [-0.1, -0.05) is 23.2 Å². The smallest absolute Gasteiger partial charge is 0.0756 e. The first kappa shape index (κ1) is 13.4. The Morgan fingerprint density at radius 3 is 2.56 bits per heavy atom. The van der Waals surface area contributed by atoms with E-state index in [4.69, 9.17) is 28.9 Å². The maximum Gasteiger partial charge on any atom is 0.0756 e. The maximum absolute atomic E-state index is 6.27. The summed E-state index contributed by atoms with van der Waals surface area (Å²) in [6.45, 7) is 0.569. The fourth-order valence-electron chi connectivity index (χ4n) is 1.95. The highest BCUT2D eigenvalue weighted by Gasteiger charge is 2.11. The lowest BCUT2D eigenvalue weighted by atomic mass is 10.1. The predicted molar refractivity (Wildman–Crippen MR) is 78.8 cm³/mol. The van der Waals surface area contributed by atoms with Crippen LogP contribution in [-0.2, 0) is 6.42 Å². The number of hydrogen-bond donors (Lipinski definition) is 1. The van der Waals surface area contributed by atoms with Crippen molar-refractivity contribution in [3.05, 3.63) is 33.9 Å². The van der Waals surface area contributed by atoms with Gasteiger partial charge in [0.15, 0.2) is 0 Å². The standard InChI is InChI=1S/C13H15Cl2N3/c1-18(2)12-7-9(3-4-16)17-11-6-8(14)5-10(15)13(11)12/h5-7H,3-4,16H2,1-2H3. The van der Waals surface area contributed by atoms with E-state index in [0.717, 1.165) is 28.7 Å². The zero-order valence-corrected chi connectivity index (χ0v) is 11.9. The van der Waals surface area contributed by atoms with Crippen LogP contribution in [0.2, 0.25) is 10.0 Å². The van der Waals surface area contributed by atoms with Crippen molar-refractivity contribution in [3.8, 4) is 0 Å². The summed E-state index contributed by atoms with van der Waals surface area (Å²) in [4.78, 5) is 6.57. The van der Waals surface area contributed by atoms with Crippen LogP contribution in [0.15, 0.2) is 18.2 Å². The van der Waals surface area contributed by atoms with Gasteiger partial charge in [-0.25, -0.2) is 0 Å². The molecule has 2 N–H and O–H groups in total. The van der Waals surface area contributed by atoms with Crippen molar-refractivity contribution in [1.29, 1.82) is 0 Å². The molecule has 18 heavy (non-hydrogen) atoms. The molecule has 2 aromatic rings. The van der Waals surface area contributed by atoms with Gasteiger partial charge in [0.25, 0.3) is 0 Å². The summed E-state index contributed by atoms with van der Waals surface area (Å²) in [6.07, 6.45) is 0.737. The minimum Gasteiger partial charge on any atom is -0.377 e. The molecule has 0 bridgehead atoms. The molecular weight excluding hydrogens is 269 g/mol. The highest BCUT2D eigenvalue weighted by Crippen LogP contribution is 2.34. The zero-order chi connectivity index (χ0) is 13.3. The van der Waals surface area contributed by atoms with Crippen molar-refractivity contribution < 1.29 is 0 Å². The molecule has 1 aromatic carbocycles. The Morgan fingerprint density at radius 1 is 1.22 bits per heavy atom. The van der Waals surface area contributed by atoms with Crippen LogP contribution in [0.25, 0.3) is 10.9 Å². The van der Waals surface area contributed by atoms with E-state index in [0.29, 0.717) is 16.6 Å². The molecule has 0 aliphatic carbocycles. The van der Waals surface area contributed by atoms with Gasteiger partial charge in [-0.2, -0.15) is 0 Å². The van der Waals surface area contributed by atoms with Gasteiger partial charge in [-0.3, -0.25) is 4.98 Å². The van der Waals surface area contributed by atoms with Crippen LogP contribution >= 0.6 is 23.2 Å². The first-order valence-electron chi connectivity index (χ1n) is 5.69. The van der Waals surface area contributed by atoms with Crippen LogP contribution in [0.4, 0.5) is 5.69 Å². The van der Waals surface area contributed by atoms with Crippen molar-refractivity contribution in [2.45, 2.75) is 6.42 Å². The second-order valence-corrected chi connectivity index (χ2v) is 5.19. The topological polar surface area (TPSA) is 42.1 Å². The lowest BCUT2D eigenvalue weighted by molar-refractivity contribution is 0.929. The summed E-state index contributed by atoms with van der Waals surface area (Å²) in [5.74, 6) is 0. The lowest BCUT2D eigenvalue weighted by Gasteiger charge is -2.17. The number of hydrogen-bond acceptors (Lipinski definition) is 3. The Kier molecular flexibility index (Phi) is 3.95. The van der Waals surface area contributed by atoms with Crippen molar-refractivity contribution >= 4 is 39.8 Å². The van der Waals surface area contributed by atoms with Crippen molar-refractivity contribution in [2.24, 2.45) is 5.73 Å². The molecule has 96 valence electrons. The summed E-state index contributed by atoms with van der Waals surface area (Å²) in [5, 5.41) is 2.13. The monoisotopic (exact) mass is 283 g/mol. The molecule has 0 atom stereocenters. The van der Waals surface area contributed by atoms with Crippen LogP contribution in [-0.4, -0.2) is 25.6 Å². The fourth-order valence-corrected chi connectivity index (χ4v) is 2.53. The van der Waals surface area contributed by atoms with E-state index >= 15 is 0 Å².